The van der Waals surface area contributed by atoms with Crippen LogP contribution in [0.1, 0.15) is 76.2 Å². The Bertz CT molecular complexity index is 1420. The number of tetrazole rings is 1. The zero-order chi connectivity index (χ0) is 26.5. The van der Waals surface area contributed by atoms with E-state index in [0.29, 0.717) is 12.4 Å². The van der Waals surface area contributed by atoms with Crippen molar-refractivity contribution >= 4 is 5.78 Å². The van der Waals surface area contributed by atoms with Crippen molar-refractivity contribution in [3.63, 3.8) is 0 Å². The number of rotatable bonds is 9. The molecule has 9 heteroatoms. The van der Waals surface area contributed by atoms with E-state index in [-0.39, 0.29) is 23.4 Å². The Labute approximate surface area is 222 Å². The van der Waals surface area contributed by atoms with E-state index in [1.54, 1.807) is 6.92 Å². The monoisotopic (exact) mass is 513 g/mol. The van der Waals surface area contributed by atoms with Gasteiger partial charge in [0.1, 0.15) is 5.78 Å². The van der Waals surface area contributed by atoms with E-state index in [9.17, 15) is 9.59 Å². The van der Waals surface area contributed by atoms with Crippen LogP contribution in [0.4, 0.5) is 0 Å². The molecular formula is C29H35N7O2. The molecule has 3 heterocycles. The number of unbranched alkanes of at least 4 members (excludes halogenated alkanes) is 1. The first-order valence-corrected chi connectivity index (χ1v) is 13.7. The summed E-state index contributed by atoms with van der Waals surface area (Å²) in [7, 11) is 0. The predicted octanol–water partition coefficient (Wildman–Crippen LogP) is 4.99. The first kappa shape index (κ1) is 25.8. The topological polar surface area (TPSA) is 111 Å². The molecule has 38 heavy (non-hydrogen) atoms. The van der Waals surface area contributed by atoms with Gasteiger partial charge in [0.2, 0.25) is 5.82 Å². The predicted molar refractivity (Wildman–Crippen MR) is 146 cm³/mol. The standard InChI is InChI=1S/C29H35N7O2/c1-3-4-10-23-19-36(27-14-7-5-6-11-24(27)20(2)37)29(38)35(23)18-22-16-15-21(17-30-22)25-12-8-9-13-26(25)28-31-33-34-32-28/h8-9,12-13,15-17,19,24,27H,3-7,10-11,14,18H2,1-2H3,(H,31,32,33,34). The van der Waals surface area contributed by atoms with Gasteiger partial charge in [-0.15, -0.1) is 10.2 Å². The van der Waals surface area contributed by atoms with Crippen LogP contribution < -0.4 is 5.69 Å². The molecule has 1 N–H and O–H groups in total. The SMILES string of the molecule is CCCCc1cn(C2CCCCCC2C(C)=O)c(=O)n1Cc1ccc(-c2ccccc2-c2nn[nH]n2)cn1. The molecule has 1 aliphatic rings. The third kappa shape index (κ3) is 5.37. The number of aryl methyl sites for hydroxylation is 1. The highest BCUT2D eigenvalue weighted by atomic mass is 16.2. The van der Waals surface area contributed by atoms with Crippen molar-refractivity contribution < 1.29 is 4.79 Å². The van der Waals surface area contributed by atoms with E-state index in [2.05, 4.69) is 27.5 Å². The van der Waals surface area contributed by atoms with Gasteiger partial charge in [-0.1, -0.05) is 62.9 Å². The molecular weight excluding hydrogens is 478 g/mol. The molecule has 0 aliphatic heterocycles. The molecule has 1 aliphatic carbocycles. The average Bonchev–Trinajstić information content (AvgIpc) is 3.49. The van der Waals surface area contributed by atoms with Gasteiger partial charge in [-0.25, -0.2) is 4.79 Å². The van der Waals surface area contributed by atoms with Gasteiger partial charge < -0.3 is 0 Å². The number of imidazole rings is 1. The van der Waals surface area contributed by atoms with E-state index in [1.807, 2.05) is 57.9 Å². The summed E-state index contributed by atoms with van der Waals surface area (Å²) in [5, 5.41) is 14.4. The van der Waals surface area contributed by atoms with E-state index in [4.69, 9.17) is 4.98 Å². The van der Waals surface area contributed by atoms with Gasteiger partial charge in [0.25, 0.3) is 0 Å². The zero-order valence-corrected chi connectivity index (χ0v) is 22.1. The Morgan fingerprint density at radius 3 is 2.61 bits per heavy atom. The number of nitrogens with one attached hydrogen (secondary N) is 1. The van der Waals surface area contributed by atoms with E-state index in [1.165, 1.54) is 0 Å². The van der Waals surface area contributed by atoms with Gasteiger partial charge in [-0.3, -0.25) is 18.9 Å². The van der Waals surface area contributed by atoms with E-state index >= 15 is 0 Å². The smallest absolute Gasteiger partial charge is 0.300 e. The lowest BCUT2D eigenvalue weighted by Crippen LogP contribution is -2.33. The number of benzene rings is 1. The summed E-state index contributed by atoms with van der Waals surface area (Å²) in [5.74, 6) is 0.618. The van der Waals surface area contributed by atoms with Gasteiger partial charge >= 0.3 is 5.69 Å². The largest absolute Gasteiger partial charge is 0.328 e. The molecule has 5 rings (SSSR count). The zero-order valence-electron chi connectivity index (χ0n) is 22.1. The lowest BCUT2D eigenvalue weighted by molar-refractivity contribution is -0.122. The molecule has 0 amide bonds. The van der Waals surface area contributed by atoms with Gasteiger partial charge in [0.15, 0.2) is 0 Å². The van der Waals surface area contributed by atoms with Crippen LogP contribution in [0, 0.1) is 5.92 Å². The van der Waals surface area contributed by atoms with Crippen LogP contribution in [0.3, 0.4) is 0 Å². The van der Waals surface area contributed by atoms with Crippen LogP contribution in [-0.4, -0.2) is 40.5 Å². The lowest BCUT2D eigenvalue weighted by Gasteiger charge is -2.23. The van der Waals surface area contributed by atoms with Crippen molar-refractivity contribution in [2.75, 3.05) is 0 Å². The molecule has 0 bridgehead atoms. The van der Waals surface area contributed by atoms with Crippen molar-refractivity contribution in [3.05, 3.63) is 70.7 Å². The van der Waals surface area contributed by atoms with Crippen molar-refractivity contribution in [1.82, 2.24) is 34.7 Å². The summed E-state index contributed by atoms with van der Waals surface area (Å²) in [6.45, 7) is 4.23. The number of aromatic nitrogens is 7. The van der Waals surface area contributed by atoms with Crippen molar-refractivity contribution in [2.45, 2.75) is 77.8 Å². The molecule has 198 valence electrons. The quantitative estimate of drug-likeness (QED) is 0.316. The van der Waals surface area contributed by atoms with Crippen molar-refractivity contribution in [1.29, 1.82) is 0 Å². The Kier molecular flexibility index (Phi) is 7.91. The fraction of sp³-hybridized carbons (Fsp3) is 0.448. The fourth-order valence-electron chi connectivity index (χ4n) is 5.65. The van der Waals surface area contributed by atoms with Crippen LogP contribution in [-0.2, 0) is 17.8 Å². The Balaban J connectivity index is 1.45. The number of pyridine rings is 1. The Morgan fingerprint density at radius 1 is 1.08 bits per heavy atom. The first-order valence-electron chi connectivity index (χ1n) is 13.7. The van der Waals surface area contributed by atoms with Crippen LogP contribution in [0.15, 0.2) is 53.6 Å². The molecule has 0 saturated heterocycles. The molecule has 1 aromatic carbocycles. The van der Waals surface area contributed by atoms with Crippen LogP contribution in [0.25, 0.3) is 22.5 Å². The van der Waals surface area contributed by atoms with Crippen LogP contribution in [0.5, 0.6) is 0 Å². The number of hydrogen-bond donors (Lipinski definition) is 1. The number of carbonyl (C=O) groups is 1. The number of carbonyl (C=O) groups excluding carboxylic acids is 1. The maximum absolute atomic E-state index is 13.8. The highest BCUT2D eigenvalue weighted by Gasteiger charge is 2.31. The first-order chi connectivity index (χ1) is 18.6. The molecule has 0 radical (unpaired) electrons. The number of aromatic amines is 1. The summed E-state index contributed by atoms with van der Waals surface area (Å²) < 4.78 is 3.71. The second-order valence-corrected chi connectivity index (χ2v) is 10.2. The minimum atomic E-state index is -0.0956. The molecule has 3 aromatic heterocycles. The summed E-state index contributed by atoms with van der Waals surface area (Å²) >= 11 is 0. The number of H-pyrrole nitrogens is 1. The molecule has 1 saturated carbocycles. The maximum Gasteiger partial charge on any atom is 0.328 e. The number of nitrogens with zero attached hydrogens (tertiary/aromatic N) is 6. The summed E-state index contributed by atoms with van der Waals surface area (Å²) in [6.07, 6.45) is 11.7. The second kappa shape index (κ2) is 11.7. The van der Waals surface area contributed by atoms with Crippen LogP contribution >= 0.6 is 0 Å². The van der Waals surface area contributed by atoms with Gasteiger partial charge in [0.05, 0.1) is 12.2 Å². The third-order valence-electron chi connectivity index (χ3n) is 7.70. The number of hydrogen-bond acceptors (Lipinski definition) is 6. The van der Waals surface area contributed by atoms with Gasteiger partial charge in [-0.2, -0.15) is 5.21 Å². The summed E-state index contributed by atoms with van der Waals surface area (Å²) in [6, 6.07) is 11.8. The van der Waals surface area contributed by atoms with Gasteiger partial charge in [-0.05, 0) is 49.5 Å². The summed E-state index contributed by atoms with van der Waals surface area (Å²) in [4.78, 5) is 31.0. The number of ketones is 1. The van der Waals surface area contributed by atoms with Crippen LogP contribution in [0.2, 0.25) is 0 Å². The normalized spacial score (nSPS) is 17.8. The second-order valence-electron chi connectivity index (χ2n) is 10.2. The van der Waals surface area contributed by atoms with Crippen molar-refractivity contribution in [3.8, 4) is 22.5 Å². The number of Topliss-reactive ketones (excluding diaryl/α,β-unsaturated/α-hetero) is 1. The highest BCUT2D eigenvalue weighted by molar-refractivity contribution is 5.80. The fourth-order valence-corrected chi connectivity index (χ4v) is 5.65. The van der Waals surface area contributed by atoms with Gasteiger partial charge in [0, 0.05) is 41.2 Å². The average molecular weight is 514 g/mol. The third-order valence-corrected chi connectivity index (χ3v) is 7.70. The highest BCUT2D eigenvalue weighted by Crippen LogP contribution is 2.33. The Hall–Kier alpha value is -3.88. The molecule has 2 atom stereocenters. The molecule has 2 unspecified atom stereocenters. The van der Waals surface area contributed by atoms with E-state index in [0.717, 1.165) is 79.4 Å². The Morgan fingerprint density at radius 2 is 1.89 bits per heavy atom. The molecule has 4 aromatic rings. The van der Waals surface area contributed by atoms with Crippen molar-refractivity contribution in [2.24, 2.45) is 5.92 Å². The minimum absolute atomic E-state index is 0.0393. The lowest BCUT2D eigenvalue weighted by atomic mass is 9.91. The maximum atomic E-state index is 13.8. The molecule has 1 fully saturated rings. The summed E-state index contributed by atoms with van der Waals surface area (Å²) in [5.41, 5.74) is 4.55. The molecule has 0 spiro atoms. The molecule has 9 nitrogen and oxygen atoms in total. The van der Waals surface area contributed by atoms with E-state index < -0.39 is 0 Å². The minimum Gasteiger partial charge on any atom is -0.300 e.